The highest BCUT2D eigenvalue weighted by atomic mass is 35.5. The van der Waals surface area contributed by atoms with Crippen LogP contribution in [0.15, 0.2) is 24.3 Å². The van der Waals surface area contributed by atoms with Crippen LogP contribution in [-0.2, 0) is 4.79 Å². The van der Waals surface area contributed by atoms with E-state index in [1.54, 1.807) is 50.1 Å². The average molecular weight is 312 g/mol. The van der Waals surface area contributed by atoms with Crippen LogP contribution in [0.4, 0.5) is 0 Å². The maximum atomic E-state index is 12.2. The first-order valence-corrected chi connectivity index (χ1v) is 7.41. The second-order valence-electron chi connectivity index (χ2n) is 5.43. The third-order valence-corrected chi connectivity index (χ3v) is 3.62. The second-order valence-corrected chi connectivity index (χ2v) is 5.87. The first kappa shape index (κ1) is 17.7. The van der Waals surface area contributed by atoms with Crippen LogP contribution in [0.3, 0.4) is 0 Å². The summed E-state index contributed by atoms with van der Waals surface area (Å²) in [6.07, 6.45) is 0.257. The minimum atomic E-state index is -0.437. The molecule has 0 fully saturated rings. The van der Waals surface area contributed by atoms with Gasteiger partial charge in [-0.2, -0.15) is 0 Å². The van der Waals surface area contributed by atoms with E-state index in [0.717, 1.165) is 0 Å². The normalized spacial score (nSPS) is 13.6. The number of hydrogen-bond donors (Lipinski definition) is 1. The minimum absolute atomic E-state index is 0.0658. The summed E-state index contributed by atoms with van der Waals surface area (Å²) in [6.45, 7) is 3.92. The Hall–Kier alpha value is -1.39. The number of benzene rings is 1. The maximum Gasteiger partial charge on any atom is 0.223 e. The maximum absolute atomic E-state index is 12.2. The average Bonchev–Trinajstić information content (AvgIpc) is 2.44. The number of Topliss-reactive ketones (excluding diaryl/α,β-unsaturated/α-hetero) is 1. The van der Waals surface area contributed by atoms with Gasteiger partial charge in [0.15, 0.2) is 5.78 Å². The third kappa shape index (κ3) is 5.86. The summed E-state index contributed by atoms with van der Waals surface area (Å²) in [4.78, 5) is 25.8. The van der Waals surface area contributed by atoms with Crippen LogP contribution >= 0.6 is 11.6 Å². The predicted molar refractivity (Wildman–Crippen MR) is 83.5 cm³/mol. The number of ketones is 1. The Morgan fingerprint density at radius 2 is 1.81 bits per heavy atom. The summed E-state index contributed by atoms with van der Waals surface area (Å²) in [6, 6.07) is 6.67. The van der Waals surface area contributed by atoms with Crippen LogP contribution in [0.1, 0.15) is 37.0 Å². The summed E-state index contributed by atoms with van der Waals surface area (Å²) in [7, 11) is 1.68. The summed E-state index contributed by atoms with van der Waals surface area (Å²) >= 11 is 5.79. The smallest absolute Gasteiger partial charge is 0.223 e. The summed E-state index contributed by atoms with van der Waals surface area (Å²) in [5.41, 5.74) is 0.561. The van der Waals surface area contributed by atoms with E-state index in [1.807, 2.05) is 0 Å². The molecule has 21 heavy (non-hydrogen) atoms. The fourth-order valence-corrected chi connectivity index (χ4v) is 2.04. The zero-order valence-corrected chi connectivity index (χ0v) is 13.4. The monoisotopic (exact) mass is 311 g/mol. The number of nitrogens with zero attached hydrogens (tertiary/aromatic N) is 1. The van der Waals surface area contributed by atoms with Gasteiger partial charge in [-0.25, -0.2) is 0 Å². The molecule has 1 N–H and O–H groups in total. The van der Waals surface area contributed by atoms with Crippen LogP contribution in [0.5, 0.6) is 0 Å². The third-order valence-electron chi connectivity index (χ3n) is 3.37. The second kappa shape index (κ2) is 8.15. The van der Waals surface area contributed by atoms with Crippen LogP contribution < -0.4 is 0 Å². The molecule has 116 valence electrons. The van der Waals surface area contributed by atoms with E-state index in [4.69, 9.17) is 11.6 Å². The number of hydrogen-bond acceptors (Lipinski definition) is 3. The molecule has 1 aromatic rings. The van der Waals surface area contributed by atoms with E-state index in [1.165, 1.54) is 0 Å². The van der Waals surface area contributed by atoms with Crippen molar-refractivity contribution >= 4 is 23.3 Å². The fourth-order valence-electron chi connectivity index (χ4n) is 1.91. The number of carbonyl (C=O) groups is 2. The largest absolute Gasteiger partial charge is 0.393 e. The topological polar surface area (TPSA) is 57.6 Å². The van der Waals surface area contributed by atoms with Gasteiger partial charge in [0.1, 0.15) is 0 Å². The van der Waals surface area contributed by atoms with E-state index >= 15 is 0 Å². The van der Waals surface area contributed by atoms with Gasteiger partial charge < -0.3 is 10.0 Å². The Bertz CT molecular complexity index is 485. The quantitative estimate of drug-likeness (QED) is 0.788. The molecular formula is C16H22ClNO3. The zero-order valence-electron chi connectivity index (χ0n) is 12.7. The lowest BCUT2D eigenvalue weighted by molar-refractivity contribution is -0.130. The molecule has 4 nitrogen and oxygen atoms in total. The zero-order chi connectivity index (χ0) is 16.0. The Morgan fingerprint density at radius 1 is 1.24 bits per heavy atom. The van der Waals surface area contributed by atoms with Crippen LogP contribution in [-0.4, -0.2) is 41.4 Å². The van der Waals surface area contributed by atoms with Gasteiger partial charge in [0.25, 0.3) is 0 Å². The summed E-state index contributed by atoms with van der Waals surface area (Å²) < 4.78 is 0. The van der Waals surface area contributed by atoms with Gasteiger partial charge >= 0.3 is 0 Å². The molecule has 1 rings (SSSR count). The number of aliphatic hydroxyl groups is 1. The van der Waals surface area contributed by atoms with Crippen LogP contribution in [0.25, 0.3) is 0 Å². The lowest BCUT2D eigenvalue weighted by Crippen LogP contribution is -2.31. The Balaban J connectivity index is 2.55. The molecule has 0 saturated heterocycles. The van der Waals surface area contributed by atoms with Crippen molar-refractivity contribution in [3.05, 3.63) is 34.9 Å². The van der Waals surface area contributed by atoms with Crippen molar-refractivity contribution in [2.75, 3.05) is 13.6 Å². The molecule has 0 aliphatic rings. The van der Waals surface area contributed by atoms with Crippen molar-refractivity contribution in [3.8, 4) is 0 Å². The van der Waals surface area contributed by atoms with Gasteiger partial charge in [0.05, 0.1) is 6.10 Å². The highest BCUT2D eigenvalue weighted by Gasteiger charge is 2.20. The summed E-state index contributed by atoms with van der Waals surface area (Å²) in [5, 5.41) is 9.80. The van der Waals surface area contributed by atoms with Crippen molar-refractivity contribution in [1.29, 1.82) is 0 Å². The Kier molecular flexibility index (Phi) is 6.85. The van der Waals surface area contributed by atoms with Crippen LogP contribution in [0, 0.1) is 5.92 Å². The number of amides is 1. The standard InChI is InChI=1S/C16H22ClNO3/c1-11(10-15(20)18(3)9-8-12(2)19)16(21)13-4-6-14(17)7-5-13/h4-7,11-12,19H,8-10H2,1-3H3. The van der Waals surface area contributed by atoms with Gasteiger partial charge in [0.2, 0.25) is 5.91 Å². The van der Waals surface area contributed by atoms with Gasteiger partial charge in [-0.1, -0.05) is 18.5 Å². The molecular weight excluding hydrogens is 290 g/mol. The molecule has 0 aliphatic heterocycles. The molecule has 0 radical (unpaired) electrons. The van der Waals surface area contributed by atoms with Gasteiger partial charge in [-0.05, 0) is 37.6 Å². The van der Waals surface area contributed by atoms with E-state index in [2.05, 4.69) is 0 Å². The van der Waals surface area contributed by atoms with Crippen molar-refractivity contribution in [2.45, 2.75) is 32.8 Å². The first-order chi connectivity index (χ1) is 9.81. The van der Waals surface area contributed by atoms with Gasteiger partial charge in [-0.15, -0.1) is 0 Å². The molecule has 0 spiro atoms. The van der Waals surface area contributed by atoms with Gasteiger partial charge in [-0.3, -0.25) is 9.59 Å². The highest BCUT2D eigenvalue weighted by Crippen LogP contribution is 2.16. The first-order valence-electron chi connectivity index (χ1n) is 7.03. The highest BCUT2D eigenvalue weighted by molar-refractivity contribution is 6.30. The molecule has 2 unspecified atom stereocenters. The minimum Gasteiger partial charge on any atom is -0.393 e. The van der Waals surface area contributed by atoms with Crippen LogP contribution in [0.2, 0.25) is 5.02 Å². The molecule has 1 aromatic carbocycles. The SMILES string of the molecule is CC(O)CCN(C)C(=O)CC(C)C(=O)c1ccc(Cl)cc1. The number of rotatable bonds is 7. The molecule has 0 heterocycles. The van der Waals surface area contributed by atoms with E-state index in [-0.39, 0.29) is 24.0 Å². The summed E-state index contributed by atoms with van der Waals surface area (Å²) in [5.74, 6) is -0.540. The Labute approximate surface area is 130 Å². The molecule has 0 saturated carbocycles. The number of halogens is 1. The van der Waals surface area contributed by atoms with E-state index in [0.29, 0.717) is 23.6 Å². The molecule has 1 amide bonds. The lowest BCUT2D eigenvalue weighted by Gasteiger charge is -2.20. The van der Waals surface area contributed by atoms with Crippen molar-refractivity contribution in [2.24, 2.45) is 5.92 Å². The lowest BCUT2D eigenvalue weighted by atomic mass is 9.96. The Morgan fingerprint density at radius 3 is 2.33 bits per heavy atom. The molecule has 0 bridgehead atoms. The van der Waals surface area contributed by atoms with Crippen molar-refractivity contribution in [3.63, 3.8) is 0 Å². The molecule has 2 atom stereocenters. The molecule has 0 aliphatic carbocycles. The molecule has 5 heteroatoms. The van der Waals surface area contributed by atoms with Crippen molar-refractivity contribution < 1.29 is 14.7 Å². The van der Waals surface area contributed by atoms with Gasteiger partial charge in [0, 0.05) is 36.5 Å². The number of carbonyl (C=O) groups excluding carboxylic acids is 2. The molecule has 0 aromatic heterocycles. The van der Waals surface area contributed by atoms with E-state index < -0.39 is 6.10 Å². The predicted octanol–water partition coefficient (Wildman–Crippen LogP) is 2.78. The van der Waals surface area contributed by atoms with Crippen molar-refractivity contribution in [1.82, 2.24) is 4.90 Å². The van der Waals surface area contributed by atoms with E-state index in [9.17, 15) is 14.7 Å². The number of aliphatic hydroxyl groups excluding tert-OH is 1. The fraction of sp³-hybridized carbons (Fsp3) is 0.500.